The van der Waals surface area contributed by atoms with Gasteiger partial charge in [0.15, 0.2) is 9.84 Å². The Morgan fingerprint density at radius 3 is 3.00 bits per heavy atom. The van der Waals surface area contributed by atoms with E-state index in [2.05, 4.69) is 10.3 Å². The van der Waals surface area contributed by atoms with Crippen LogP contribution in [0.3, 0.4) is 0 Å². The van der Waals surface area contributed by atoms with Crippen molar-refractivity contribution in [1.82, 2.24) is 14.9 Å². The highest BCUT2D eigenvalue weighted by Gasteiger charge is 2.27. The van der Waals surface area contributed by atoms with E-state index in [1.54, 1.807) is 6.20 Å². The fourth-order valence-corrected chi connectivity index (χ4v) is 3.47. The van der Waals surface area contributed by atoms with Gasteiger partial charge in [0.2, 0.25) is 0 Å². The summed E-state index contributed by atoms with van der Waals surface area (Å²) in [5, 5.41) is 3.22. The number of nitrogens with zero attached hydrogens (tertiary/aromatic N) is 2. The SMILES string of the molecule is Cn1ccnc1CNC1CCS(=O)(=O)C1. The lowest BCUT2D eigenvalue weighted by atomic mass is 10.2. The predicted octanol–water partition coefficient (Wildman–Crippen LogP) is -0.303. The van der Waals surface area contributed by atoms with Crippen LogP contribution < -0.4 is 5.32 Å². The van der Waals surface area contributed by atoms with Crippen LogP contribution in [0.2, 0.25) is 0 Å². The molecule has 1 N–H and O–H groups in total. The number of hydrogen-bond donors (Lipinski definition) is 1. The quantitative estimate of drug-likeness (QED) is 0.772. The summed E-state index contributed by atoms with van der Waals surface area (Å²) < 4.78 is 24.3. The molecule has 0 spiro atoms. The van der Waals surface area contributed by atoms with Crippen molar-refractivity contribution in [3.63, 3.8) is 0 Å². The van der Waals surface area contributed by atoms with Crippen LogP contribution in [0, 0.1) is 0 Å². The van der Waals surface area contributed by atoms with E-state index < -0.39 is 9.84 Å². The Bertz CT molecular complexity index is 438. The van der Waals surface area contributed by atoms with Gasteiger partial charge in [-0.25, -0.2) is 13.4 Å². The van der Waals surface area contributed by atoms with E-state index in [9.17, 15) is 8.42 Å². The van der Waals surface area contributed by atoms with Crippen LogP contribution in [0.5, 0.6) is 0 Å². The van der Waals surface area contributed by atoms with Crippen LogP contribution >= 0.6 is 0 Å². The van der Waals surface area contributed by atoms with Gasteiger partial charge < -0.3 is 9.88 Å². The molecule has 0 saturated carbocycles. The molecule has 15 heavy (non-hydrogen) atoms. The fourth-order valence-electron chi connectivity index (χ4n) is 1.76. The van der Waals surface area contributed by atoms with Gasteiger partial charge in [0.25, 0.3) is 0 Å². The third kappa shape index (κ3) is 2.57. The van der Waals surface area contributed by atoms with E-state index in [0.29, 0.717) is 18.7 Å². The minimum atomic E-state index is -2.79. The van der Waals surface area contributed by atoms with E-state index in [4.69, 9.17) is 0 Å². The number of rotatable bonds is 3. The smallest absolute Gasteiger partial charge is 0.151 e. The zero-order chi connectivity index (χ0) is 10.9. The van der Waals surface area contributed by atoms with Crippen molar-refractivity contribution < 1.29 is 8.42 Å². The molecule has 1 aliphatic rings. The van der Waals surface area contributed by atoms with Gasteiger partial charge in [0.05, 0.1) is 18.1 Å². The van der Waals surface area contributed by atoms with E-state index in [0.717, 1.165) is 5.82 Å². The molecule has 2 rings (SSSR count). The van der Waals surface area contributed by atoms with Gasteiger partial charge in [0.1, 0.15) is 5.82 Å². The lowest BCUT2D eigenvalue weighted by molar-refractivity contribution is 0.534. The maximum atomic E-state index is 11.2. The van der Waals surface area contributed by atoms with Gasteiger partial charge in [-0.3, -0.25) is 0 Å². The van der Waals surface area contributed by atoms with E-state index in [1.807, 2.05) is 17.8 Å². The maximum Gasteiger partial charge on any atom is 0.151 e. The number of hydrogen-bond acceptors (Lipinski definition) is 4. The predicted molar refractivity (Wildman–Crippen MR) is 57.1 cm³/mol. The number of imidazole rings is 1. The molecule has 1 aromatic rings. The van der Waals surface area contributed by atoms with Gasteiger partial charge in [0, 0.05) is 25.5 Å². The van der Waals surface area contributed by atoms with Gasteiger partial charge in [-0.2, -0.15) is 0 Å². The van der Waals surface area contributed by atoms with Crippen molar-refractivity contribution in [3.8, 4) is 0 Å². The van der Waals surface area contributed by atoms with Crippen LogP contribution in [0.4, 0.5) is 0 Å². The third-order valence-corrected chi connectivity index (χ3v) is 4.47. The highest BCUT2D eigenvalue weighted by atomic mass is 32.2. The third-order valence-electron chi connectivity index (χ3n) is 2.70. The fraction of sp³-hybridized carbons (Fsp3) is 0.667. The lowest BCUT2D eigenvalue weighted by Crippen LogP contribution is -2.30. The molecule has 0 aliphatic carbocycles. The molecule has 2 heterocycles. The normalized spacial score (nSPS) is 24.5. The van der Waals surface area contributed by atoms with Gasteiger partial charge in [-0.1, -0.05) is 0 Å². The largest absolute Gasteiger partial charge is 0.337 e. The Hall–Kier alpha value is -0.880. The number of nitrogens with one attached hydrogen (secondary N) is 1. The highest BCUT2D eigenvalue weighted by molar-refractivity contribution is 7.91. The zero-order valence-corrected chi connectivity index (χ0v) is 9.50. The second-order valence-electron chi connectivity index (χ2n) is 3.94. The molecule has 84 valence electrons. The molecular formula is C9H15N3O2S. The molecule has 0 amide bonds. The summed E-state index contributed by atoms with van der Waals surface area (Å²) in [7, 11) is -0.860. The Morgan fingerprint density at radius 1 is 1.67 bits per heavy atom. The summed E-state index contributed by atoms with van der Waals surface area (Å²) >= 11 is 0. The average molecular weight is 229 g/mol. The molecule has 1 unspecified atom stereocenters. The molecule has 1 saturated heterocycles. The van der Waals surface area contributed by atoms with Gasteiger partial charge in [-0.05, 0) is 6.42 Å². The van der Waals surface area contributed by atoms with Crippen LogP contribution in [0.15, 0.2) is 12.4 Å². The van der Waals surface area contributed by atoms with E-state index in [-0.39, 0.29) is 11.8 Å². The lowest BCUT2D eigenvalue weighted by Gasteiger charge is -2.09. The van der Waals surface area contributed by atoms with Crippen LogP contribution in [0.25, 0.3) is 0 Å². The molecular weight excluding hydrogens is 214 g/mol. The molecule has 0 bridgehead atoms. The Morgan fingerprint density at radius 2 is 2.47 bits per heavy atom. The van der Waals surface area contributed by atoms with Crippen molar-refractivity contribution >= 4 is 9.84 Å². The second-order valence-corrected chi connectivity index (χ2v) is 6.16. The Labute approximate surface area is 89.4 Å². The van der Waals surface area contributed by atoms with Crippen molar-refractivity contribution in [2.75, 3.05) is 11.5 Å². The van der Waals surface area contributed by atoms with Crippen molar-refractivity contribution in [3.05, 3.63) is 18.2 Å². The minimum absolute atomic E-state index is 0.0895. The molecule has 5 nitrogen and oxygen atoms in total. The number of aromatic nitrogens is 2. The molecule has 1 aromatic heterocycles. The first-order chi connectivity index (χ1) is 7.07. The highest BCUT2D eigenvalue weighted by Crippen LogP contribution is 2.11. The van der Waals surface area contributed by atoms with Crippen LogP contribution in [0.1, 0.15) is 12.2 Å². The number of aryl methyl sites for hydroxylation is 1. The molecule has 1 fully saturated rings. The number of sulfone groups is 1. The van der Waals surface area contributed by atoms with E-state index in [1.165, 1.54) is 0 Å². The van der Waals surface area contributed by atoms with Crippen LogP contribution in [-0.4, -0.2) is 35.5 Å². The monoisotopic (exact) mass is 229 g/mol. The first-order valence-corrected chi connectivity index (χ1v) is 6.79. The standard InChI is InChI=1S/C9H15N3O2S/c1-12-4-3-10-9(12)6-11-8-2-5-15(13,14)7-8/h3-4,8,11H,2,5-7H2,1H3. The molecule has 0 radical (unpaired) electrons. The van der Waals surface area contributed by atoms with Crippen molar-refractivity contribution in [1.29, 1.82) is 0 Å². The van der Waals surface area contributed by atoms with Crippen LogP contribution in [-0.2, 0) is 23.4 Å². The summed E-state index contributed by atoms with van der Waals surface area (Å²) in [5.74, 6) is 1.50. The summed E-state index contributed by atoms with van der Waals surface area (Å²) in [6.07, 6.45) is 4.33. The van der Waals surface area contributed by atoms with Crippen molar-refractivity contribution in [2.45, 2.75) is 19.0 Å². The minimum Gasteiger partial charge on any atom is -0.337 e. The Kier molecular flexibility index (Phi) is 2.79. The maximum absolute atomic E-state index is 11.2. The topological polar surface area (TPSA) is 64.0 Å². The molecule has 0 aromatic carbocycles. The first kappa shape index (κ1) is 10.6. The van der Waals surface area contributed by atoms with E-state index >= 15 is 0 Å². The zero-order valence-electron chi connectivity index (χ0n) is 8.68. The Balaban J connectivity index is 1.88. The second kappa shape index (κ2) is 3.94. The molecule has 6 heteroatoms. The molecule has 1 atom stereocenters. The average Bonchev–Trinajstić information content (AvgIpc) is 2.69. The molecule has 1 aliphatic heterocycles. The van der Waals surface area contributed by atoms with Gasteiger partial charge >= 0.3 is 0 Å². The summed E-state index contributed by atoms with van der Waals surface area (Å²) in [6.45, 7) is 0.629. The van der Waals surface area contributed by atoms with Gasteiger partial charge in [-0.15, -0.1) is 0 Å². The summed E-state index contributed by atoms with van der Waals surface area (Å²) in [6, 6.07) is 0.0895. The first-order valence-electron chi connectivity index (χ1n) is 4.97. The summed E-state index contributed by atoms with van der Waals surface area (Å²) in [4.78, 5) is 4.16. The van der Waals surface area contributed by atoms with Crippen molar-refractivity contribution in [2.24, 2.45) is 7.05 Å². The summed E-state index contributed by atoms with van der Waals surface area (Å²) in [5.41, 5.74) is 0.